The van der Waals surface area contributed by atoms with E-state index in [-0.39, 0.29) is 17.4 Å². The Balaban J connectivity index is 1.78. The SMILES string of the molecule is COC(=O)c1cc2nc(Nc3ccc(OC(F)(F)F)cc3)n(C3CCCC(C)C3)c2cc1OCC(F)(F)F. The molecule has 1 aliphatic rings. The highest BCUT2D eigenvalue weighted by molar-refractivity contribution is 5.97. The largest absolute Gasteiger partial charge is 0.573 e. The zero-order chi connectivity index (χ0) is 27.7. The van der Waals surface area contributed by atoms with Gasteiger partial charge < -0.3 is 24.1 Å². The summed E-state index contributed by atoms with van der Waals surface area (Å²) in [7, 11) is 1.10. The number of rotatable bonds is 7. The number of nitrogens with one attached hydrogen (secondary N) is 1. The Morgan fingerprint density at radius 3 is 2.42 bits per heavy atom. The monoisotopic (exact) mass is 545 g/mol. The fourth-order valence-electron chi connectivity index (χ4n) is 4.63. The number of anilines is 2. The molecule has 0 bridgehead atoms. The molecular formula is C25H25F6N3O4. The van der Waals surface area contributed by atoms with Crippen LogP contribution >= 0.6 is 0 Å². The molecule has 13 heteroatoms. The number of hydrogen-bond donors (Lipinski definition) is 1. The molecule has 4 rings (SSSR count). The number of carbonyl (C=O) groups excluding carboxylic acids is 1. The molecule has 1 aromatic heterocycles. The van der Waals surface area contributed by atoms with Gasteiger partial charge in [-0.25, -0.2) is 9.78 Å². The molecule has 0 radical (unpaired) electrons. The highest BCUT2D eigenvalue weighted by atomic mass is 19.4. The Morgan fingerprint density at radius 1 is 1.11 bits per heavy atom. The van der Waals surface area contributed by atoms with Crippen molar-refractivity contribution in [1.82, 2.24) is 9.55 Å². The third-order valence-electron chi connectivity index (χ3n) is 6.21. The van der Waals surface area contributed by atoms with Crippen LogP contribution in [-0.4, -0.2) is 41.8 Å². The van der Waals surface area contributed by atoms with Gasteiger partial charge in [-0.1, -0.05) is 19.8 Å². The third kappa shape index (κ3) is 6.62. The van der Waals surface area contributed by atoms with Crippen LogP contribution < -0.4 is 14.8 Å². The van der Waals surface area contributed by atoms with Crippen LogP contribution in [0.5, 0.6) is 11.5 Å². The molecule has 0 amide bonds. The predicted molar refractivity (Wildman–Crippen MR) is 126 cm³/mol. The first-order chi connectivity index (χ1) is 17.8. The highest BCUT2D eigenvalue weighted by Crippen LogP contribution is 2.39. The number of nitrogens with zero attached hydrogens (tertiary/aromatic N) is 2. The number of ether oxygens (including phenoxy) is 3. The normalized spacial score (nSPS) is 18.3. The molecule has 7 nitrogen and oxygen atoms in total. The molecule has 1 aliphatic carbocycles. The van der Waals surface area contributed by atoms with Gasteiger partial charge in [-0.2, -0.15) is 13.2 Å². The zero-order valence-electron chi connectivity index (χ0n) is 20.4. The molecule has 2 atom stereocenters. The Hall–Kier alpha value is -3.64. The van der Waals surface area contributed by atoms with Crippen molar-refractivity contribution in [3.8, 4) is 11.5 Å². The van der Waals surface area contributed by atoms with E-state index in [1.807, 2.05) is 4.57 Å². The number of imidazole rings is 1. The Labute approximate surface area is 213 Å². The van der Waals surface area contributed by atoms with Crippen molar-refractivity contribution in [2.24, 2.45) is 5.92 Å². The summed E-state index contributed by atoms with van der Waals surface area (Å²) in [6.07, 6.45) is -5.96. The fraction of sp³-hybridized carbons (Fsp3) is 0.440. The summed E-state index contributed by atoms with van der Waals surface area (Å²) >= 11 is 0. The van der Waals surface area contributed by atoms with Crippen LogP contribution in [0, 0.1) is 5.92 Å². The summed E-state index contributed by atoms with van der Waals surface area (Å²) in [5.41, 5.74) is 0.934. The second-order valence-corrected chi connectivity index (χ2v) is 9.16. The summed E-state index contributed by atoms with van der Waals surface area (Å²) in [4.78, 5) is 16.9. The maximum atomic E-state index is 12.9. The van der Waals surface area contributed by atoms with Gasteiger partial charge in [-0.3, -0.25) is 0 Å². The van der Waals surface area contributed by atoms with Gasteiger partial charge in [0.25, 0.3) is 0 Å². The van der Waals surface area contributed by atoms with E-state index in [1.54, 1.807) is 0 Å². The lowest BCUT2D eigenvalue weighted by Crippen LogP contribution is -2.21. The number of benzene rings is 2. The van der Waals surface area contributed by atoms with Gasteiger partial charge in [0.05, 0.1) is 18.1 Å². The minimum Gasteiger partial charge on any atom is -0.483 e. The molecule has 1 fully saturated rings. The van der Waals surface area contributed by atoms with Gasteiger partial charge in [0, 0.05) is 17.8 Å². The quantitative estimate of drug-likeness (QED) is 0.251. The minimum absolute atomic E-state index is 0.0708. The van der Waals surface area contributed by atoms with E-state index < -0.39 is 30.9 Å². The first-order valence-corrected chi connectivity index (χ1v) is 11.8. The lowest BCUT2D eigenvalue weighted by molar-refractivity contribution is -0.274. The van der Waals surface area contributed by atoms with Crippen molar-refractivity contribution in [2.45, 2.75) is 51.2 Å². The van der Waals surface area contributed by atoms with Crippen molar-refractivity contribution in [2.75, 3.05) is 19.0 Å². The number of carbonyl (C=O) groups is 1. The number of alkyl halides is 6. The van der Waals surface area contributed by atoms with Crippen LogP contribution in [0.25, 0.3) is 11.0 Å². The first kappa shape index (κ1) is 27.4. The molecule has 1 N–H and O–H groups in total. The van der Waals surface area contributed by atoms with Gasteiger partial charge >= 0.3 is 18.5 Å². The maximum absolute atomic E-state index is 12.9. The summed E-state index contributed by atoms with van der Waals surface area (Å²) in [5, 5.41) is 3.08. The van der Waals surface area contributed by atoms with Crippen molar-refractivity contribution in [3.05, 3.63) is 42.0 Å². The molecule has 0 spiro atoms. The number of hydrogen-bond acceptors (Lipinski definition) is 6. The minimum atomic E-state index is -4.83. The molecule has 206 valence electrons. The average Bonchev–Trinajstić information content (AvgIpc) is 3.18. The van der Waals surface area contributed by atoms with Gasteiger partial charge in [0.1, 0.15) is 17.1 Å². The second-order valence-electron chi connectivity index (χ2n) is 9.16. The van der Waals surface area contributed by atoms with Gasteiger partial charge in [0.2, 0.25) is 5.95 Å². The summed E-state index contributed by atoms with van der Waals surface area (Å²) in [6, 6.07) is 7.62. The van der Waals surface area contributed by atoms with Crippen molar-refractivity contribution < 1.29 is 45.3 Å². The van der Waals surface area contributed by atoms with E-state index in [9.17, 15) is 31.1 Å². The molecule has 3 aromatic rings. The van der Waals surface area contributed by atoms with Gasteiger partial charge in [-0.15, -0.1) is 13.2 Å². The van der Waals surface area contributed by atoms with E-state index >= 15 is 0 Å². The van der Waals surface area contributed by atoms with Crippen LogP contribution in [0.3, 0.4) is 0 Å². The lowest BCUT2D eigenvalue weighted by Gasteiger charge is -2.29. The van der Waals surface area contributed by atoms with Crippen LogP contribution in [0.15, 0.2) is 36.4 Å². The fourth-order valence-corrected chi connectivity index (χ4v) is 4.63. The van der Waals surface area contributed by atoms with Crippen LogP contribution in [0.1, 0.15) is 49.0 Å². The van der Waals surface area contributed by atoms with Gasteiger partial charge in [0.15, 0.2) is 6.61 Å². The molecule has 1 saturated carbocycles. The Bertz CT molecular complexity index is 1290. The number of fused-ring (bicyclic) bond motifs is 1. The maximum Gasteiger partial charge on any atom is 0.573 e. The predicted octanol–water partition coefficient (Wildman–Crippen LogP) is 7.16. The third-order valence-corrected chi connectivity index (χ3v) is 6.21. The molecule has 0 aliphatic heterocycles. The number of methoxy groups -OCH3 is 1. The topological polar surface area (TPSA) is 74.6 Å². The summed E-state index contributed by atoms with van der Waals surface area (Å²) in [5.74, 6) is -0.890. The Kier molecular flexibility index (Phi) is 7.65. The number of halogens is 6. The standard InChI is InChI=1S/C25H25F6N3O4/c1-14-4-3-5-16(10-14)34-20-12-21(37-13-24(26,27)28)18(22(35)36-2)11-19(20)33-23(34)32-15-6-8-17(9-7-15)38-25(29,30)31/h6-9,11-12,14,16H,3-5,10,13H2,1-2H3,(H,32,33). The van der Waals surface area contributed by atoms with E-state index in [4.69, 9.17) is 9.47 Å². The Morgan fingerprint density at radius 2 is 1.82 bits per heavy atom. The summed E-state index contributed by atoms with van der Waals surface area (Å²) < 4.78 is 91.7. The zero-order valence-corrected chi connectivity index (χ0v) is 20.4. The van der Waals surface area contributed by atoms with Crippen molar-refractivity contribution in [3.63, 3.8) is 0 Å². The molecule has 0 saturated heterocycles. The van der Waals surface area contributed by atoms with Crippen molar-refractivity contribution >= 4 is 28.6 Å². The average molecular weight is 545 g/mol. The molecule has 1 heterocycles. The highest BCUT2D eigenvalue weighted by Gasteiger charge is 2.32. The number of aromatic nitrogens is 2. The van der Waals surface area contributed by atoms with E-state index in [0.29, 0.717) is 28.6 Å². The van der Waals surface area contributed by atoms with Crippen molar-refractivity contribution in [1.29, 1.82) is 0 Å². The molecule has 2 unspecified atom stereocenters. The van der Waals surface area contributed by atoms with E-state index in [0.717, 1.165) is 44.9 Å². The smallest absolute Gasteiger partial charge is 0.483 e. The lowest BCUT2D eigenvalue weighted by atomic mass is 9.87. The molecule has 38 heavy (non-hydrogen) atoms. The second kappa shape index (κ2) is 10.6. The first-order valence-electron chi connectivity index (χ1n) is 11.8. The molecule has 2 aromatic carbocycles. The van der Waals surface area contributed by atoms with Gasteiger partial charge in [-0.05, 0) is 49.1 Å². The van der Waals surface area contributed by atoms with Crippen LogP contribution in [0.4, 0.5) is 38.0 Å². The van der Waals surface area contributed by atoms with Crippen LogP contribution in [0.2, 0.25) is 0 Å². The van der Waals surface area contributed by atoms with Crippen LogP contribution in [-0.2, 0) is 4.74 Å². The van der Waals surface area contributed by atoms with E-state index in [1.165, 1.54) is 24.3 Å². The number of esters is 1. The van der Waals surface area contributed by atoms with E-state index in [2.05, 4.69) is 22.0 Å². The summed E-state index contributed by atoms with van der Waals surface area (Å²) in [6.45, 7) is 0.500. The molecular weight excluding hydrogens is 520 g/mol.